The number of anilines is 1. The van der Waals surface area contributed by atoms with Gasteiger partial charge in [-0.25, -0.2) is 0 Å². The van der Waals surface area contributed by atoms with Gasteiger partial charge in [-0.1, -0.05) is 0 Å². The Morgan fingerprint density at radius 1 is 1.13 bits per heavy atom. The van der Waals surface area contributed by atoms with E-state index in [2.05, 4.69) is 15.5 Å². The average molecular weight is 432 g/mol. The number of nitrogens with zero attached hydrogens (tertiary/aromatic N) is 1. The zero-order valence-corrected chi connectivity index (χ0v) is 18.7. The summed E-state index contributed by atoms with van der Waals surface area (Å²) in [5.74, 6) is 1.12. The molecule has 0 spiro atoms. The number of nitrogens with one attached hydrogen (secondary N) is 2. The molecule has 1 aliphatic heterocycles. The predicted molar refractivity (Wildman–Crippen MR) is 119 cm³/mol. The Balaban J connectivity index is 1.53. The van der Waals surface area contributed by atoms with Crippen LogP contribution in [0.3, 0.4) is 0 Å². The molecule has 1 unspecified atom stereocenters. The van der Waals surface area contributed by atoms with Crippen molar-refractivity contribution in [3.63, 3.8) is 0 Å². The van der Waals surface area contributed by atoms with Crippen LogP contribution in [-0.2, 0) is 4.79 Å². The second kappa shape index (κ2) is 9.95. The Morgan fingerprint density at radius 3 is 2.47 bits per heavy atom. The SMILES string of the molecule is COc1ccc(OC)c(NC(=O)C(C)N2CCC(NC(=O)c3ccc(C)s3)CC2)c1. The number of thiophene rings is 1. The van der Waals surface area contributed by atoms with E-state index in [4.69, 9.17) is 9.47 Å². The zero-order chi connectivity index (χ0) is 21.7. The van der Waals surface area contributed by atoms with Crippen LogP contribution in [0.2, 0.25) is 0 Å². The molecule has 0 radical (unpaired) electrons. The largest absolute Gasteiger partial charge is 0.497 e. The number of hydrogen-bond donors (Lipinski definition) is 2. The van der Waals surface area contributed by atoms with Crippen molar-refractivity contribution in [1.29, 1.82) is 0 Å². The fraction of sp³-hybridized carbons (Fsp3) is 0.455. The van der Waals surface area contributed by atoms with Crippen molar-refractivity contribution in [3.05, 3.63) is 40.1 Å². The number of methoxy groups -OCH3 is 2. The van der Waals surface area contributed by atoms with Crippen LogP contribution < -0.4 is 20.1 Å². The summed E-state index contributed by atoms with van der Waals surface area (Å²) in [6, 6.07) is 8.96. The second-order valence-corrected chi connectivity index (χ2v) is 8.71. The van der Waals surface area contributed by atoms with Gasteiger partial charge in [-0.3, -0.25) is 14.5 Å². The first-order chi connectivity index (χ1) is 14.4. The first-order valence-corrected chi connectivity index (χ1v) is 10.9. The molecule has 1 saturated heterocycles. The number of hydrogen-bond acceptors (Lipinski definition) is 6. The molecule has 1 aromatic heterocycles. The van der Waals surface area contributed by atoms with Crippen molar-refractivity contribution < 1.29 is 19.1 Å². The minimum atomic E-state index is -0.294. The molecule has 2 amide bonds. The van der Waals surface area contributed by atoms with Crippen LogP contribution in [0.15, 0.2) is 30.3 Å². The minimum Gasteiger partial charge on any atom is -0.497 e. The Labute approximate surface area is 181 Å². The summed E-state index contributed by atoms with van der Waals surface area (Å²) in [5.41, 5.74) is 0.585. The molecular formula is C22H29N3O4S. The normalized spacial score (nSPS) is 16.0. The molecule has 162 valence electrons. The first-order valence-electron chi connectivity index (χ1n) is 10.1. The topological polar surface area (TPSA) is 79.9 Å². The molecule has 30 heavy (non-hydrogen) atoms. The monoisotopic (exact) mass is 431 g/mol. The lowest BCUT2D eigenvalue weighted by atomic mass is 10.0. The van der Waals surface area contributed by atoms with E-state index in [0.717, 1.165) is 35.7 Å². The van der Waals surface area contributed by atoms with E-state index >= 15 is 0 Å². The van der Waals surface area contributed by atoms with Gasteiger partial charge in [-0.2, -0.15) is 0 Å². The van der Waals surface area contributed by atoms with Gasteiger partial charge in [0.2, 0.25) is 5.91 Å². The van der Waals surface area contributed by atoms with Gasteiger partial charge >= 0.3 is 0 Å². The Bertz CT molecular complexity index is 890. The molecule has 3 rings (SSSR count). The van der Waals surface area contributed by atoms with Gasteiger partial charge in [0.1, 0.15) is 11.5 Å². The van der Waals surface area contributed by atoms with Crippen LogP contribution >= 0.6 is 11.3 Å². The van der Waals surface area contributed by atoms with Crippen LogP contribution in [0.5, 0.6) is 11.5 Å². The quantitative estimate of drug-likeness (QED) is 0.703. The number of carbonyl (C=O) groups is 2. The van der Waals surface area contributed by atoms with Crippen molar-refractivity contribution in [2.75, 3.05) is 32.6 Å². The number of amides is 2. The van der Waals surface area contributed by atoms with E-state index in [0.29, 0.717) is 17.2 Å². The van der Waals surface area contributed by atoms with Crippen LogP contribution in [0.1, 0.15) is 34.3 Å². The summed E-state index contributed by atoms with van der Waals surface area (Å²) in [5, 5.41) is 6.07. The van der Waals surface area contributed by atoms with Gasteiger partial charge in [0.05, 0.1) is 30.8 Å². The van der Waals surface area contributed by atoms with Crippen molar-refractivity contribution in [2.24, 2.45) is 0 Å². The van der Waals surface area contributed by atoms with Gasteiger partial charge < -0.3 is 20.1 Å². The molecular weight excluding hydrogens is 402 g/mol. The fourth-order valence-corrected chi connectivity index (χ4v) is 4.33. The molecule has 1 fully saturated rings. The Kier molecular flexibility index (Phi) is 7.33. The molecule has 1 aliphatic rings. The predicted octanol–water partition coefficient (Wildman–Crippen LogP) is 3.30. The van der Waals surface area contributed by atoms with Crippen molar-refractivity contribution in [1.82, 2.24) is 10.2 Å². The Hall–Kier alpha value is -2.58. The Morgan fingerprint density at radius 2 is 1.87 bits per heavy atom. The highest BCUT2D eigenvalue weighted by Crippen LogP contribution is 2.29. The molecule has 1 aromatic carbocycles. The molecule has 2 heterocycles. The van der Waals surface area contributed by atoms with E-state index in [9.17, 15) is 9.59 Å². The molecule has 0 saturated carbocycles. The average Bonchev–Trinajstić information content (AvgIpc) is 3.20. The summed E-state index contributed by atoms with van der Waals surface area (Å²) in [7, 11) is 3.15. The maximum absolute atomic E-state index is 12.8. The van der Waals surface area contributed by atoms with Crippen LogP contribution in [0.4, 0.5) is 5.69 Å². The number of piperidine rings is 1. The number of benzene rings is 1. The molecule has 0 aliphatic carbocycles. The lowest BCUT2D eigenvalue weighted by molar-refractivity contribution is -0.121. The molecule has 2 N–H and O–H groups in total. The van der Waals surface area contributed by atoms with E-state index in [1.54, 1.807) is 32.4 Å². The van der Waals surface area contributed by atoms with Crippen molar-refractivity contribution in [3.8, 4) is 11.5 Å². The number of likely N-dealkylation sites (tertiary alicyclic amines) is 1. The summed E-state index contributed by atoms with van der Waals surface area (Å²) in [6.45, 7) is 5.39. The highest BCUT2D eigenvalue weighted by Gasteiger charge is 2.28. The summed E-state index contributed by atoms with van der Waals surface area (Å²) >= 11 is 1.51. The number of rotatable bonds is 7. The van der Waals surface area contributed by atoms with Crippen LogP contribution in [0, 0.1) is 6.92 Å². The highest BCUT2D eigenvalue weighted by atomic mass is 32.1. The zero-order valence-electron chi connectivity index (χ0n) is 17.9. The third-order valence-electron chi connectivity index (χ3n) is 5.42. The summed E-state index contributed by atoms with van der Waals surface area (Å²) in [4.78, 5) is 29.2. The molecule has 1 atom stereocenters. The van der Waals surface area contributed by atoms with Crippen molar-refractivity contribution >= 4 is 28.8 Å². The van der Waals surface area contributed by atoms with Gasteiger partial charge in [-0.15, -0.1) is 11.3 Å². The molecule has 7 nitrogen and oxygen atoms in total. The van der Waals surface area contributed by atoms with E-state index < -0.39 is 0 Å². The minimum absolute atomic E-state index is 0.0116. The fourth-order valence-electron chi connectivity index (χ4n) is 3.56. The van der Waals surface area contributed by atoms with Crippen LogP contribution in [-0.4, -0.2) is 56.1 Å². The number of aryl methyl sites for hydroxylation is 1. The van der Waals surface area contributed by atoms with Crippen molar-refractivity contribution in [2.45, 2.75) is 38.8 Å². The summed E-state index contributed by atoms with van der Waals surface area (Å²) < 4.78 is 10.6. The molecule has 2 aromatic rings. The third kappa shape index (κ3) is 5.31. The summed E-state index contributed by atoms with van der Waals surface area (Å²) in [6.07, 6.45) is 1.63. The maximum atomic E-state index is 12.8. The van der Waals surface area contributed by atoms with Gasteiger partial charge in [0, 0.05) is 30.1 Å². The smallest absolute Gasteiger partial charge is 0.261 e. The molecule has 0 bridgehead atoms. The van der Waals surface area contributed by atoms with Gasteiger partial charge in [0.25, 0.3) is 5.91 Å². The van der Waals surface area contributed by atoms with E-state index in [-0.39, 0.29) is 23.9 Å². The highest BCUT2D eigenvalue weighted by molar-refractivity contribution is 7.13. The van der Waals surface area contributed by atoms with Crippen LogP contribution in [0.25, 0.3) is 0 Å². The molecule has 8 heteroatoms. The lowest BCUT2D eigenvalue weighted by Gasteiger charge is -2.35. The second-order valence-electron chi connectivity index (χ2n) is 7.43. The third-order valence-corrected chi connectivity index (χ3v) is 6.42. The number of ether oxygens (including phenoxy) is 2. The first kappa shape index (κ1) is 22.1. The van der Waals surface area contributed by atoms with Gasteiger partial charge in [0.15, 0.2) is 0 Å². The van der Waals surface area contributed by atoms with E-state index in [1.807, 2.05) is 26.0 Å². The maximum Gasteiger partial charge on any atom is 0.261 e. The van der Waals surface area contributed by atoms with Gasteiger partial charge in [-0.05, 0) is 51.0 Å². The standard InChI is InChI=1S/C22H29N3O4S/c1-14-5-8-20(30-14)22(27)23-16-9-11-25(12-10-16)15(2)21(26)24-18-13-17(28-3)6-7-19(18)29-4/h5-8,13,15-16H,9-12H2,1-4H3,(H,23,27)(H,24,26). The van der Waals surface area contributed by atoms with E-state index in [1.165, 1.54) is 11.3 Å². The number of carbonyl (C=O) groups excluding carboxylic acids is 2. The lowest BCUT2D eigenvalue weighted by Crippen LogP contribution is -2.50.